The van der Waals surface area contributed by atoms with Gasteiger partial charge in [0.05, 0.1) is 5.69 Å². The number of rotatable bonds is 5. The number of hydrogen-bond donors (Lipinski definition) is 0. The standard InChI is InChI=1S/C54H47BN2O/c1-53(2,3)38-32-39(54(4,5)6)34-42(33-38)57-46-27-18-28-49-52(46)55(45-30-29-37(31-50(45)58-49)36-19-10-7-11-20-36)51-44-26-17-16-25-43(44)47(35-48(51)57)56(40-21-12-8-13-22-40)41-23-14-9-15-24-41/h7-35H,1-6H3. The van der Waals surface area contributed by atoms with Gasteiger partial charge in [-0.05, 0) is 116 Å². The van der Waals surface area contributed by atoms with Crippen molar-refractivity contribution in [2.45, 2.75) is 52.4 Å². The molecule has 58 heavy (non-hydrogen) atoms. The second-order valence-electron chi connectivity index (χ2n) is 17.8. The monoisotopic (exact) mass is 750 g/mol. The summed E-state index contributed by atoms with van der Waals surface area (Å²) in [5.74, 6) is 1.81. The van der Waals surface area contributed by atoms with Gasteiger partial charge in [-0.1, -0.05) is 157 Å². The quantitative estimate of drug-likeness (QED) is 0.163. The lowest BCUT2D eigenvalue weighted by Gasteiger charge is -2.42. The van der Waals surface area contributed by atoms with E-state index < -0.39 is 0 Å². The van der Waals surface area contributed by atoms with Gasteiger partial charge in [0.2, 0.25) is 0 Å². The maximum atomic E-state index is 7.00. The first kappa shape index (κ1) is 35.9. The summed E-state index contributed by atoms with van der Waals surface area (Å²) in [7, 11) is 0. The Morgan fingerprint density at radius 2 is 1.05 bits per heavy atom. The van der Waals surface area contributed by atoms with Gasteiger partial charge in [-0.15, -0.1) is 0 Å². The molecule has 2 heterocycles. The van der Waals surface area contributed by atoms with Crippen LogP contribution in [0, 0.1) is 0 Å². The molecule has 2 aliphatic rings. The molecule has 0 spiro atoms. The zero-order valence-corrected chi connectivity index (χ0v) is 34.1. The molecule has 0 unspecified atom stereocenters. The van der Waals surface area contributed by atoms with Crippen LogP contribution in [-0.4, -0.2) is 6.71 Å². The van der Waals surface area contributed by atoms with Crippen molar-refractivity contribution >= 4 is 68.0 Å². The number of fused-ring (bicyclic) bond motifs is 6. The Morgan fingerprint density at radius 1 is 0.466 bits per heavy atom. The molecule has 282 valence electrons. The van der Waals surface area contributed by atoms with E-state index in [1.54, 1.807) is 0 Å². The van der Waals surface area contributed by atoms with Crippen molar-refractivity contribution in [3.63, 3.8) is 0 Å². The molecule has 2 aliphatic heterocycles. The summed E-state index contributed by atoms with van der Waals surface area (Å²) in [4.78, 5) is 4.95. The number of anilines is 6. The topological polar surface area (TPSA) is 15.7 Å². The molecule has 0 radical (unpaired) electrons. The third-order valence-corrected chi connectivity index (χ3v) is 12.0. The summed E-state index contributed by atoms with van der Waals surface area (Å²) in [6.07, 6.45) is 0. The minimum absolute atomic E-state index is 0.0558. The number of ether oxygens (including phenoxy) is 1. The SMILES string of the molecule is CC(C)(C)c1cc(N2c3cccc4c3B(c3ccc(-c5ccccc5)cc3O4)c3c2cc(N(c2ccccc2)c2ccccc2)c2ccccc32)cc(C(C)(C)C)c1. The molecule has 0 aromatic heterocycles. The van der Waals surface area contributed by atoms with Crippen molar-refractivity contribution in [1.29, 1.82) is 0 Å². The highest BCUT2D eigenvalue weighted by Gasteiger charge is 2.44. The second-order valence-corrected chi connectivity index (χ2v) is 17.8. The fourth-order valence-electron chi connectivity index (χ4n) is 8.99. The summed E-state index contributed by atoms with van der Waals surface area (Å²) < 4.78 is 7.00. The highest BCUT2D eigenvalue weighted by atomic mass is 16.5. The molecular weight excluding hydrogens is 703 g/mol. The fraction of sp³-hybridized carbons (Fsp3) is 0.148. The molecule has 3 nitrogen and oxygen atoms in total. The lowest BCUT2D eigenvalue weighted by Crippen LogP contribution is -2.59. The van der Waals surface area contributed by atoms with Gasteiger partial charge in [-0.25, -0.2) is 0 Å². The van der Waals surface area contributed by atoms with E-state index in [1.165, 1.54) is 49.5 Å². The highest BCUT2D eigenvalue weighted by molar-refractivity contribution is 7.00. The molecule has 10 rings (SSSR count). The first-order chi connectivity index (χ1) is 28.0. The van der Waals surface area contributed by atoms with Crippen molar-refractivity contribution < 1.29 is 4.74 Å². The predicted octanol–water partition coefficient (Wildman–Crippen LogP) is 13.0. The van der Waals surface area contributed by atoms with Gasteiger partial charge in [0, 0.05) is 33.8 Å². The summed E-state index contributed by atoms with van der Waals surface area (Å²) in [5, 5.41) is 2.42. The van der Waals surface area contributed by atoms with Crippen LogP contribution in [0.1, 0.15) is 52.7 Å². The van der Waals surface area contributed by atoms with E-state index in [4.69, 9.17) is 4.74 Å². The van der Waals surface area contributed by atoms with Crippen LogP contribution in [0.5, 0.6) is 11.5 Å². The van der Waals surface area contributed by atoms with Gasteiger partial charge < -0.3 is 14.5 Å². The predicted molar refractivity (Wildman–Crippen MR) is 247 cm³/mol. The Hall–Kier alpha value is -6.52. The Kier molecular flexibility index (Phi) is 8.39. The van der Waals surface area contributed by atoms with Crippen LogP contribution in [0.2, 0.25) is 0 Å². The van der Waals surface area contributed by atoms with Gasteiger partial charge in [0.15, 0.2) is 0 Å². The Bertz CT molecular complexity index is 2770. The van der Waals surface area contributed by atoms with E-state index in [-0.39, 0.29) is 17.5 Å². The molecule has 0 atom stereocenters. The maximum Gasteiger partial charge on any atom is 0.257 e. The first-order valence-electron chi connectivity index (χ1n) is 20.5. The molecule has 8 aromatic rings. The molecule has 0 saturated heterocycles. The second kappa shape index (κ2) is 13.6. The van der Waals surface area contributed by atoms with Crippen LogP contribution in [0.4, 0.5) is 34.1 Å². The van der Waals surface area contributed by atoms with Gasteiger partial charge in [-0.3, -0.25) is 0 Å². The van der Waals surface area contributed by atoms with Gasteiger partial charge in [0.25, 0.3) is 6.71 Å². The number of hydrogen-bond acceptors (Lipinski definition) is 3. The van der Waals surface area contributed by atoms with Crippen LogP contribution >= 0.6 is 0 Å². The third-order valence-electron chi connectivity index (χ3n) is 12.0. The average Bonchev–Trinajstić information content (AvgIpc) is 3.24. The lowest BCUT2D eigenvalue weighted by molar-refractivity contribution is 0.488. The zero-order chi connectivity index (χ0) is 39.8. The molecule has 0 N–H and O–H groups in total. The third kappa shape index (κ3) is 5.98. The molecule has 0 aliphatic carbocycles. The van der Waals surface area contributed by atoms with E-state index in [2.05, 4.69) is 227 Å². The number of nitrogens with zero attached hydrogens (tertiary/aromatic N) is 2. The van der Waals surface area contributed by atoms with E-state index in [9.17, 15) is 0 Å². The van der Waals surface area contributed by atoms with Crippen molar-refractivity contribution in [2.75, 3.05) is 9.80 Å². The summed E-state index contributed by atoms with van der Waals surface area (Å²) in [5.41, 5.74) is 15.3. The molecule has 0 fully saturated rings. The van der Waals surface area contributed by atoms with Crippen LogP contribution in [-0.2, 0) is 10.8 Å². The van der Waals surface area contributed by atoms with E-state index in [0.29, 0.717) is 0 Å². The number of para-hydroxylation sites is 2. The first-order valence-corrected chi connectivity index (χ1v) is 20.5. The van der Waals surface area contributed by atoms with Crippen LogP contribution in [0.25, 0.3) is 21.9 Å². The van der Waals surface area contributed by atoms with Crippen LogP contribution in [0.3, 0.4) is 0 Å². The largest absolute Gasteiger partial charge is 0.458 e. The minimum Gasteiger partial charge on any atom is -0.458 e. The Labute approximate surface area is 343 Å². The Balaban J connectivity index is 1.32. The molecule has 4 heteroatoms. The average molecular weight is 751 g/mol. The summed E-state index contributed by atoms with van der Waals surface area (Å²) in [6.45, 7) is 13.9. The van der Waals surface area contributed by atoms with Gasteiger partial charge in [0.1, 0.15) is 11.5 Å². The smallest absolute Gasteiger partial charge is 0.257 e. The normalized spacial score (nSPS) is 13.1. The lowest BCUT2D eigenvalue weighted by atomic mass is 9.33. The highest BCUT2D eigenvalue weighted by Crippen LogP contribution is 2.48. The van der Waals surface area contributed by atoms with E-state index >= 15 is 0 Å². The van der Waals surface area contributed by atoms with Gasteiger partial charge in [-0.2, -0.15) is 0 Å². The van der Waals surface area contributed by atoms with E-state index in [0.717, 1.165) is 45.5 Å². The fourth-order valence-corrected chi connectivity index (χ4v) is 8.99. The van der Waals surface area contributed by atoms with Gasteiger partial charge >= 0.3 is 0 Å². The van der Waals surface area contributed by atoms with Crippen LogP contribution < -0.4 is 30.9 Å². The van der Waals surface area contributed by atoms with Crippen molar-refractivity contribution in [2.24, 2.45) is 0 Å². The number of benzene rings is 8. The summed E-state index contributed by atoms with van der Waals surface area (Å²) >= 11 is 0. The van der Waals surface area contributed by atoms with Crippen LogP contribution in [0.15, 0.2) is 176 Å². The zero-order valence-electron chi connectivity index (χ0n) is 34.1. The summed E-state index contributed by atoms with van der Waals surface area (Å²) in [6, 6.07) is 64.3. The molecule has 8 aromatic carbocycles. The Morgan fingerprint density at radius 3 is 1.67 bits per heavy atom. The van der Waals surface area contributed by atoms with E-state index in [1.807, 2.05) is 0 Å². The molecule has 0 bridgehead atoms. The molecule has 0 amide bonds. The molecular formula is C54H47BN2O. The minimum atomic E-state index is -0.0578. The molecule has 0 saturated carbocycles. The van der Waals surface area contributed by atoms with Crippen molar-refractivity contribution in [3.05, 3.63) is 187 Å². The van der Waals surface area contributed by atoms with Crippen molar-refractivity contribution in [1.82, 2.24) is 0 Å². The maximum absolute atomic E-state index is 7.00. The van der Waals surface area contributed by atoms with Crippen molar-refractivity contribution in [3.8, 4) is 22.6 Å².